The Morgan fingerprint density at radius 2 is 0.790 bits per heavy atom. The van der Waals surface area contributed by atoms with Gasteiger partial charge in [0.2, 0.25) is 0 Å². The fraction of sp³-hybridized carbons (Fsp3) is 0.0169. The second-order valence-electron chi connectivity index (χ2n) is 16.4. The van der Waals surface area contributed by atoms with Gasteiger partial charge in [-0.25, -0.2) is 9.97 Å². The summed E-state index contributed by atoms with van der Waals surface area (Å²) in [4.78, 5) is 10.7. The maximum Gasteiger partial charge on any atom is 0.160 e. The van der Waals surface area contributed by atoms with E-state index in [1.54, 1.807) is 0 Å². The third kappa shape index (κ3) is 5.00. The first-order valence-corrected chi connectivity index (χ1v) is 21.2. The highest BCUT2D eigenvalue weighted by atomic mass is 16.3. The molecule has 9 aromatic carbocycles. The van der Waals surface area contributed by atoms with Gasteiger partial charge in [0.25, 0.3) is 0 Å². The molecular weight excluding hydrogens is 753 g/mol. The van der Waals surface area contributed by atoms with Gasteiger partial charge in [-0.05, 0) is 91.0 Å². The molecule has 288 valence electrons. The van der Waals surface area contributed by atoms with Crippen LogP contribution in [0.4, 0.5) is 0 Å². The van der Waals surface area contributed by atoms with E-state index < -0.39 is 5.41 Å². The minimum Gasteiger partial charge on any atom is -0.455 e. The van der Waals surface area contributed by atoms with E-state index in [-0.39, 0.29) is 0 Å². The summed E-state index contributed by atoms with van der Waals surface area (Å²) in [7, 11) is 0. The number of hydrogen-bond donors (Lipinski definition) is 0. The average molecular weight is 789 g/mol. The lowest BCUT2D eigenvalue weighted by Crippen LogP contribution is -2.29. The Morgan fingerprint density at radius 3 is 1.48 bits per heavy atom. The van der Waals surface area contributed by atoms with Crippen molar-refractivity contribution >= 4 is 21.9 Å². The number of furan rings is 1. The van der Waals surface area contributed by atoms with Gasteiger partial charge >= 0.3 is 0 Å². The molecule has 2 aliphatic rings. The summed E-state index contributed by atoms with van der Waals surface area (Å²) in [5.41, 5.74) is 20.6. The minimum atomic E-state index is -0.546. The first-order chi connectivity index (χ1) is 30.7. The topological polar surface area (TPSA) is 38.9 Å². The molecule has 0 aliphatic heterocycles. The van der Waals surface area contributed by atoms with Crippen LogP contribution >= 0.6 is 0 Å². The largest absolute Gasteiger partial charge is 0.455 e. The van der Waals surface area contributed by atoms with Gasteiger partial charge in [-0.15, -0.1) is 0 Å². The number of hydrogen-bond acceptors (Lipinski definition) is 3. The van der Waals surface area contributed by atoms with E-state index in [2.05, 4.69) is 200 Å². The molecule has 0 radical (unpaired) electrons. The lowest BCUT2D eigenvalue weighted by Gasteiger charge is -2.35. The highest BCUT2D eigenvalue weighted by Gasteiger charge is 2.49. The molecule has 13 rings (SSSR count). The SMILES string of the molecule is c1ccc(-c2ccc(-c3nc(-c4ccc5c(c4)-c4ccccc4C54c5ccccc5-c5ccccc5-c5ccccc54)cc(-c4cccc5c4oc4ccccc45)n3)cc2)cc1. The molecule has 0 saturated heterocycles. The molecule has 11 aromatic rings. The van der Waals surface area contributed by atoms with Gasteiger partial charge in [0, 0.05) is 27.5 Å². The van der Waals surface area contributed by atoms with E-state index in [1.165, 1.54) is 61.2 Å². The van der Waals surface area contributed by atoms with E-state index in [0.717, 1.165) is 55.6 Å². The third-order valence-corrected chi connectivity index (χ3v) is 13.2. The standard InChI is InChI=1S/C59H36N2O/c1-2-15-37(16-3-1)38-29-31-39(32-30-38)58-60-54(36-55(61-58)48-24-14-23-47-46-22-9-13-28-56(46)62-57(47)48)40-33-34-53-49(35-40)45-21-8-12-27-52(45)59(53)50-25-10-6-19-43(50)41-17-4-5-18-42(41)44-20-7-11-26-51(44)59/h1-36H. The highest BCUT2D eigenvalue weighted by Crippen LogP contribution is 2.61. The van der Waals surface area contributed by atoms with Crippen molar-refractivity contribution in [2.24, 2.45) is 0 Å². The van der Waals surface area contributed by atoms with Crippen LogP contribution in [0, 0.1) is 0 Å². The predicted molar refractivity (Wildman–Crippen MR) is 253 cm³/mol. The monoisotopic (exact) mass is 788 g/mol. The molecule has 0 unspecified atom stereocenters. The number of nitrogens with zero attached hydrogens (tertiary/aromatic N) is 2. The normalized spacial score (nSPS) is 13.0. The van der Waals surface area contributed by atoms with Crippen molar-refractivity contribution in [3.05, 3.63) is 241 Å². The lowest BCUT2D eigenvalue weighted by atomic mass is 9.66. The number of benzene rings is 9. The lowest BCUT2D eigenvalue weighted by molar-refractivity contribution is 0.670. The zero-order valence-electron chi connectivity index (χ0n) is 33.6. The Balaban J connectivity index is 1.05. The molecule has 0 bridgehead atoms. The summed E-state index contributed by atoms with van der Waals surface area (Å²) in [6.07, 6.45) is 0. The van der Waals surface area contributed by atoms with E-state index in [0.29, 0.717) is 5.82 Å². The van der Waals surface area contributed by atoms with Crippen LogP contribution in [-0.2, 0) is 5.41 Å². The summed E-state index contributed by atoms with van der Waals surface area (Å²) in [6, 6.07) is 78.7. The van der Waals surface area contributed by atoms with Crippen molar-refractivity contribution < 1.29 is 4.42 Å². The van der Waals surface area contributed by atoms with Crippen LogP contribution < -0.4 is 0 Å². The zero-order chi connectivity index (χ0) is 40.8. The van der Waals surface area contributed by atoms with Gasteiger partial charge in [0.1, 0.15) is 11.2 Å². The molecule has 0 fully saturated rings. The van der Waals surface area contributed by atoms with Crippen molar-refractivity contribution in [2.45, 2.75) is 5.41 Å². The summed E-state index contributed by atoms with van der Waals surface area (Å²) >= 11 is 0. The van der Waals surface area contributed by atoms with Gasteiger partial charge in [0.15, 0.2) is 5.82 Å². The molecule has 0 atom stereocenters. The summed E-state index contributed by atoms with van der Waals surface area (Å²) in [5, 5.41) is 2.16. The molecule has 1 spiro atoms. The van der Waals surface area contributed by atoms with Crippen LogP contribution in [-0.4, -0.2) is 9.97 Å². The molecule has 3 nitrogen and oxygen atoms in total. The third-order valence-electron chi connectivity index (χ3n) is 13.2. The molecule has 3 heteroatoms. The Bertz CT molecular complexity index is 3510. The van der Waals surface area contributed by atoms with Crippen molar-refractivity contribution in [3.8, 4) is 78.4 Å². The average Bonchev–Trinajstić information content (AvgIpc) is 3.84. The first kappa shape index (κ1) is 34.7. The van der Waals surface area contributed by atoms with E-state index in [1.807, 2.05) is 18.2 Å². The number of para-hydroxylation sites is 2. The van der Waals surface area contributed by atoms with Crippen LogP contribution in [0.2, 0.25) is 0 Å². The van der Waals surface area contributed by atoms with Crippen molar-refractivity contribution in [3.63, 3.8) is 0 Å². The van der Waals surface area contributed by atoms with Crippen LogP contribution in [0.15, 0.2) is 223 Å². The van der Waals surface area contributed by atoms with Crippen LogP contribution in [0.25, 0.3) is 100 Å². The zero-order valence-corrected chi connectivity index (χ0v) is 33.6. The predicted octanol–water partition coefficient (Wildman–Crippen LogP) is 15.1. The maximum absolute atomic E-state index is 6.59. The quantitative estimate of drug-likeness (QED) is 0.178. The first-order valence-electron chi connectivity index (χ1n) is 21.2. The Morgan fingerprint density at radius 1 is 0.306 bits per heavy atom. The maximum atomic E-state index is 6.59. The number of rotatable bonds is 4. The van der Waals surface area contributed by atoms with Gasteiger partial charge in [-0.2, -0.15) is 0 Å². The summed E-state index contributed by atoms with van der Waals surface area (Å²) in [5.74, 6) is 0.659. The molecule has 2 heterocycles. The minimum absolute atomic E-state index is 0.546. The van der Waals surface area contributed by atoms with Gasteiger partial charge in [-0.3, -0.25) is 0 Å². The smallest absolute Gasteiger partial charge is 0.160 e. The molecule has 0 N–H and O–H groups in total. The van der Waals surface area contributed by atoms with Crippen molar-refractivity contribution in [1.82, 2.24) is 9.97 Å². The van der Waals surface area contributed by atoms with Crippen LogP contribution in [0.1, 0.15) is 22.3 Å². The molecule has 0 saturated carbocycles. The number of aromatic nitrogens is 2. The molecule has 62 heavy (non-hydrogen) atoms. The Hall–Kier alpha value is -8.14. The Kier molecular flexibility index (Phi) is 7.52. The highest BCUT2D eigenvalue weighted by molar-refractivity contribution is 6.09. The molecule has 0 amide bonds. The van der Waals surface area contributed by atoms with Gasteiger partial charge in [-0.1, -0.05) is 194 Å². The van der Waals surface area contributed by atoms with Crippen molar-refractivity contribution in [2.75, 3.05) is 0 Å². The second kappa shape index (κ2) is 13.4. The van der Waals surface area contributed by atoms with E-state index in [4.69, 9.17) is 14.4 Å². The van der Waals surface area contributed by atoms with E-state index in [9.17, 15) is 0 Å². The van der Waals surface area contributed by atoms with Gasteiger partial charge < -0.3 is 4.42 Å². The second-order valence-corrected chi connectivity index (χ2v) is 16.4. The molecule has 2 aliphatic carbocycles. The Labute approximate surface area is 359 Å². The van der Waals surface area contributed by atoms with Gasteiger partial charge in [0.05, 0.1) is 16.8 Å². The van der Waals surface area contributed by atoms with Crippen LogP contribution in [0.5, 0.6) is 0 Å². The van der Waals surface area contributed by atoms with Crippen LogP contribution in [0.3, 0.4) is 0 Å². The molecule has 2 aromatic heterocycles. The number of fused-ring (bicyclic) bond motifs is 15. The summed E-state index contributed by atoms with van der Waals surface area (Å²) in [6.45, 7) is 0. The summed E-state index contributed by atoms with van der Waals surface area (Å²) < 4.78 is 6.59. The van der Waals surface area contributed by atoms with Crippen molar-refractivity contribution in [1.29, 1.82) is 0 Å². The molecular formula is C59H36N2O. The fourth-order valence-corrected chi connectivity index (χ4v) is 10.5. The van der Waals surface area contributed by atoms with E-state index >= 15 is 0 Å². The fourth-order valence-electron chi connectivity index (χ4n) is 10.5.